The average molecular weight is 940 g/mol. The third-order valence-electron chi connectivity index (χ3n) is 12.7. The number of hydrogen-bond acceptors (Lipinski definition) is 10. The van der Waals surface area contributed by atoms with Crippen molar-refractivity contribution in [3.05, 3.63) is 99.6 Å². The first-order valence-corrected chi connectivity index (χ1v) is 23.9. The molecule has 13 nitrogen and oxygen atoms in total. The highest BCUT2D eigenvalue weighted by atomic mass is 35.5. The molecule has 1 saturated carbocycles. The number of benzene rings is 3. The fraction of sp³-hybridized carbons (Fsp3) is 0.490. The Morgan fingerprint density at radius 3 is 2.27 bits per heavy atom. The van der Waals surface area contributed by atoms with Crippen molar-refractivity contribution in [1.29, 1.82) is 5.26 Å². The van der Waals surface area contributed by atoms with Crippen molar-refractivity contribution < 1.29 is 33.4 Å². The molecule has 2 atom stereocenters. The van der Waals surface area contributed by atoms with Crippen LogP contribution in [0, 0.1) is 34.5 Å². The molecule has 3 N–H and O–H groups in total. The maximum Gasteiger partial charge on any atom is 0.251 e. The maximum atomic E-state index is 13.9. The summed E-state index contributed by atoms with van der Waals surface area (Å²) < 4.78 is 18.0. The molecule has 1 aliphatic carbocycles. The van der Waals surface area contributed by atoms with E-state index < -0.39 is 17.5 Å². The molecule has 0 spiro atoms. The van der Waals surface area contributed by atoms with Crippen molar-refractivity contribution in [2.45, 2.75) is 118 Å². The molecule has 2 heterocycles. The number of nitrogens with zero attached hydrogens (tertiary/aromatic N) is 3. The summed E-state index contributed by atoms with van der Waals surface area (Å²) in [6.07, 6.45) is 3.36. The van der Waals surface area contributed by atoms with E-state index in [9.17, 15) is 24.4 Å². The Labute approximate surface area is 397 Å². The van der Waals surface area contributed by atoms with Crippen LogP contribution in [0.5, 0.6) is 11.5 Å². The topological polar surface area (TPSA) is 172 Å². The zero-order valence-electron chi connectivity index (χ0n) is 39.3. The van der Waals surface area contributed by atoms with Crippen LogP contribution in [0.4, 0.5) is 0 Å². The number of rotatable bonds is 19. The average Bonchev–Trinajstić information content (AvgIpc) is 3.96. The highest BCUT2D eigenvalue weighted by Crippen LogP contribution is 2.55. The molecule has 2 fully saturated rings. The molecule has 1 aromatic heterocycles. The Kier molecular flexibility index (Phi) is 16.2. The summed E-state index contributed by atoms with van der Waals surface area (Å²) >= 11 is 7.83. The molecule has 0 radical (unpaired) electrons. The number of ether oxygens (including phenoxy) is 3. The summed E-state index contributed by atoms with van der Waals surface area (Å²) in [4.78, 5) is 60.8. The van der Waals surface area contributed by atoms with E-state index in [2.05, 4.69) is 54.7 Å². The lowest BCUT2D eigenvalue weighted by Gasteiger charge is -2.63. The predicted octanol–water partition coefficient (Wildman–Crippen LogP) is 8.66. The molecule has 3 aromatic carbocycles. The highest BCUT2D eigenvalue weighted by Gasteiger charge is 2.64. The number of unbranched alkanes of at least 4 members (excludes halogenated alkanes) is 2. The smallest absolute Gasteiger partial charge is 0.251 e. The van der Waals surface area contributed by atoms with Gasteiger partial charge in [0.2, 0.25) is 17.7 Å². The third kappa shape index (κ3) is 11.9. The number of nitrogens with one attached hydrogen (secondary N) is 3. The lowest BCUT2D eigenvalue weighted by Crippen LogP contribution is -2.74. The molecule has 6 rings (SSSR count). The minimum absolute atomic E-state index is 0.162. The van der Waals surface area contributed by atoms with Crippen LogP contribution in [0.1, 0.15) is 108 Å². The second-order valence-electron chi connectivity index (χ2n) is 19.5. The molecular weight excluding hydrogens is 876 g/mol. The number of amides is 4. The van der Waals surface area contributed by atoms with Gasteiger partial charge in [0.1, 0.15) is 42.4 Å². The van der Waals surface area contributed by atoms with Gasteiger partial charge in [0.15, 0.2) is 0 Å². The maximum absolute atomic E-state index is 13.9. The van der Waals surface area contributed by atoms with Crippen LogP contribution in [0.25, 0.3) is 10.4 Å². The number of aryl methyl sites for hydroxylation is 1. The molecule has 0 unspecified atom stereocenters. The number of likely N-dealkylation sites (tertiary alicyclic amines) is 1. The Hall–Kier alpha value is -5.49. The van der Waals surface area contributed by atoms with E-state index in [0.29, 0.717) is 66.8 Å². The second-order valence-corrected chi connectivity index (χ2v) is 20.8. The monoisotopic (exact) mass is 938 g/mol. The summed E-state index contributed by atoms with van der Waals surface area (Å²) in [5.41, 5.74) is 4.41. The number of aromatic nitrogens is 1. The number of carbonyl (C=O) groups excluding carboxylic acids is 4. The molecular formula is C51H63ClN6O7S. The van der Waals surface area contributed by atoms with Crippen molar-refractivity contribution in [3.8, 4) is 28.0 Å². The quantitative estimate of drug-likeness (QED) is 0.0779. The van der Waals surface area contributed by atoms with E-state index in [4.69, 9.17) is 25.8 Å². The molecule has 15 heteroatoms. The minimum Gasteiger partial charge on any atom is -0.494 e. The standard InChI is InChI=1S/C51H63ClN6O7S/c1-32-42(66-31-55-32)34-16-14-33(15-17-34)29-54-45(61)40-13-12-24-58(40)46(62)43(49(2,3)4)56-41(59)30-63-25-10-9-11-26-64-37-21-18-35(19-22-37)44(60)57-47-50(5,6)48(51(47,7)8)65-38-23-20-36(28-53)39(52)27-38/h14-23,27,31,40,43,47-48H,9-13,24-26,29-30H2,1-8H3,(H,54,61)(H,56,59)(H,57,60)/t40-,43+,47?,48?/m0/s1. The van der Waals surface area contributed by atoms with Crippen molar-refractivity contribution in [3.63, 3.8) is 0 Å². The Morgan fingerprint density at radius 1 is 0.955 bits per heavy atom. The van der Waals surface area contributed by atoms with Crippen LogP contribution in [-0.4, -0.2) is 84.1 Å². The first-order chi connectivity index (χ1) is 31.3. The van der Waals surface area contributed by atoms with E-state index in [1.54, 1.807) is 58.7 Å². The summed E-state index contributed by atoms with van der Waals surface area (Å²) in [5.74, 6) is 0.192. The number of hydrogen-bond donors (Lipinski definition) is 3. The number of nitriles is 1. The lowest BCUT2D eigenvalue weighted by molar-refractivity contribution is -0.164. The summed E-state index contributed by atoms with van der Waals surface area (Å²) in [6, 6.07) is 20.6. The molecule has 2 aliphatic rings. The minimum atomic E-state index is -0.831. The van der Waals surface area contributed by atoms with Gasteiger partial charge in [-0.1, -0.05) is 84.3 Å². The van der Waals surface area contributed by atoms with E-state index in [-0.39, 0.29) is 53.2 Å². The summed E-state index contributed by atoms with van der Waals surface area (Å²) in [5, 5.41) is 18.7. The van der Waals surface area contributed by atoms with Crippen LogP contribution in [-0.2, 0) is 25.7 Å². The first kappa shape index (κ1) is 49.9. The number of halogens is 1. The molecule has 1 saturated heterocycles. The molecule has 1 aliphatic heterocycles. The van der Waals surface area contributed by atoms with Gasteiger partial charge in [0, 0.05) is 48.2 Å². The van der Waals surface area contributed by atoms with Crippen LogP contribution in [0.2, 0.25) is 5.02 Å². The van der Waals surface area contributed by atoms with E-state index in [1.807, 2.05) is 57.5 Å². The third-order valence-corrected chi connectivity index (χ3v) is 14.0. The van der Waals surface area contributed by atoms with Crippen LogP contribution in [0.3, 0.4) is 0 Å². The highest BCUT2D eigenvalue weighted by molar-refractivity contribution is 7.13. The van der Waals surface area contributed by atoms with Crippen molar-refractivity contribution in [2.75, 3.05) is 26.4 Å². The largest absolute Gasteiger partial charge is 0.494 e. The molecule has 66 heavy (non-hydrogen) atoms. The van der Waals surface area contributed by atoms with Gasteiger partial charge in [-0.2, -0.15) is 5.26 Å². The molecule has 4 amide bonds. The van der Waals surface area contributed by atoms with Gasteiger partial charge in [-0.3, -0.25) is 19.2 Å². The normalized spacial score (nSPS) is 18.9. The summed E-state index contributed by atoms with van der Waals surface area (Å²) in [7, 11) is 0. The number of carbonyl (C=O) groups is 4. The second kappa shape index (κ2) is 21.4. The van der Waals surface area contributed by atoms with E-state index >= 15 is 0 Å². The Balaban J connectivity index is 0.867. The fourth-order valence-electron chi connectivity index (χ4n) is 9.33. The van der Waals surface area contributed by atoms with Crippen LogP contribution < -0.4 is 25.4 Å². The van der Waals surface area contributed by atoms with Crippen LogP contribution in [0.15, 0.2) is 72.2 Å². The molecule has 4 aromatic rings. The fourth-order valence-corrected chi connectivity index (χ4v) is 10.4. The van der Waals surface area contributed by atoms with Gasteiger partial charge in [-0.25, -0.2) is 4.98 Å². The van der Waals surface area contributed by atoms with Gasteiger partial charge >= 0.3 is 0 Å². The lowest BCUT2D eigenvalue weighted by atomic mass is 9.49. The van der Waals surface area contributed by atoms with E-state index in [0.717, 1.165) is 41.0 Å². The van der Waals surface area contributed by atoms with Gasteiger partial charge in [-0.05, 0) is 92.0 Å². The summed E-state index contributed by atoms with van der Waals surface area (Å²) in [6.45, 7) is 17.4. The SMILES string of the molecule is Cc1ncsc1-c1ccc(CNC(=O)[C@@H]2CCCN2C(=O)[C@@H](NC(=O)COCCCCCOc2ccc(C(=O)NC3C(C)(C)C(Oc4ccc(C#N)c(Cl)c4)C3(C)C)cc2)C(C)(C)C)cc1. The first-order valence-electron chi connectivity index (χ1n) is 22.7. The molecule has 0 bridgehead atoms. The number of thiazole rings is 1. The predicted molar refractivity (Wildman–Crippen MR) is 256 cm³/mol. The molecule has 352 valence electrons. The van der Waals surface area contributed by atoms with Crippen molar-refractivity contribution in [2.24, 2.45) is 16.2 Å². The zero-order valence-corrected chi connectivity index (χ0v) is 40.9. The Bertz CT molecular complexity index is 2370. The van der Waals surface area contributed by atoms with Gasteiger partial charge in [0.05, 0.1) is 33.3 Å². The van der Waals surface area contributed by atoms with E-state index in [1.165, 1.54) is 0 Å². The zero-order chi connectivity index (χ0) is 47.8. The van der Waals surface area contributed by atoms with Gasteiger partial charge in [-0.15, -0.1) is 11.3 Å². The van der Waals surface area contributed by atoms with Gasteiger partial charge in [0.25, 0.3) is 5.91 Å². The van der Waals surface area contributed by atoms with Crippen molar-refractivity contribution >= 4 is 46.6 Å². The van der Waals surface area contributed by atoms with Crippen LogP contribution >= 0.6 is 22.9 Å². The van der Waals surface area contributed by atoms with Gasteiger partial charge < -0.3 is 35.1 Å². The van der Waals surface area contributed by atoms with Crippen molar-refractivity contribution in [1.82, 2.24) is 25.8 Å². The Morgan fingerprint density at radius 2 is 1.64 bits per heavy atom.